The minimum atomic E-state index is -4.53. The fourth-order valence-electron chi connectivity index (χ4n) is 3.81. The average molecular weight is 424 g/mol. The summed E-state index contributed by atoms with van der Waals surface area (Å²) in [6.45, 7) is 6.45. The van der Waals surface area contributed by atoms with Crippen LogP contribution in [-0.4, -0.2) is 58.5 Å². The van der Waals surface area contributed by atoms with E-state index in [2.05, 4.69) is 10.00 Å². The van der Waals surface area contributed by atoms with Crippen molar-refractivity contribution in [2.45, 2.75) is 32.6 Å². The molecule has 1 amide bonds. The zero-order valence-corrected chi connectivity index (χ0v) is 16.8. The lowest BCUT2D eigenvalue weighted by Gasteiger charge is -2.36. The number of carbonyl (C=O) groups is 1. The van der Waals surface area contributed by atoms with E-state index in [9.17, 15) is 18.0 Å². The maximum atomic E-state index is 12.9. The molecule has 162 valence electrons. The normalized spacial score (nSPS) is 18.0. The molecular formula is C20H23F3N4O3. The summed E-state index contributed by atoms with van der Waals surface area (Å²) in [4.78, 5) is 16.8. The molecule has 2 aliphatic heterocycles. The van der Waals surface area contributed by atoms with Gasteiger partial charge in [-0.05, 0) is 37.6 Å². The average Bonchev–Trinajstić information content (AvgIpc) is 3.33. The van der Waals surface area contributed by atoms with E-state index >= 15 is 0 Å². The highest BCUT2D eigenvalue weighted by atomic mass is 19.4. The first kappa shape index (κ1) is 20.5. The van der Waals surface area contributed by atoms with Gasteiger partial charge in [0.15, 0.2) is 17.2 Å². The summed E-state index contributed by atoms with van der Waals surface area (Å²) >= 11 is 0. The monoisotopic (exact) mass is 424 g/mol. The van der Waals surface area contributed by atoms with Crippen molar-refractivity contribution >= 4 is 5.91 Å². The lowest BCUT2D eigenvalue weighted by molar-refractivity contribution is -0.143. The molecule has 0 saturated carbocycles. The van der Waals surface area contributed by atoms with Gasteiger partial charge in [-0.2, -0.15) is 18.3 Å². The number of nitrogens with zero attached hydrogens (tertiary/aromatic N) is 4. The molecule has 0 aliphatic carbocycles. The first-order valence-corrected chi connectivity index (χ1v) is 9.75. The molecule has 1 fully saturated rings. The number of hydrogen-bond acceptors (Lipinski definition) is 5. The summed E-state index contributed by atoms with van der Waals surface area (Å²) < 4.78 is 50.6. The van der Waals surface area contributed by atoms with E-state index in [1.54, 1.807) is 11.8 Å². The fraction of sp³-hybridized carbons (Fsp3) is 0.500. The Hall–Kier alpha value is -2.75. The SMILES string of the molecule is Cc1cc(C(F)(F)F)nn1C(C)C(=O)N1CCN(Cc2ccc3c(c2)OCO3)CC1. The molecule has 2 aromatic rings. The predicted molar refractivity (Wildman–Crippen MR) is 101 cm³/mol. The van der Waals surface area contributed by atoms with E-state index in [0.717, 1.165) is 34.4 Å². The number of alkyl halides is 3. The maximum Gasteiger partial charge on any atom is 0.435 e. The van der Waals surface area contributed by atoms with Gasteiger partial charge in [0, 0.05) is 38.4 Å². The van der Waals surface area contributed by atoms with Crippen molar-refractivity contribution in [1.29, 1.82) is 0 Å². The standard InChI is InChI=1S/C20H23F3N4O3/c1-13-9-18(20(21,22)23)24-27(13)14(2)19(28)26-7-5-25(6-8-26)11-15-3-4-16-17(10-15)30-12-29-16/h3-4,9-10,14H,5-8,11-12H2,1-2H3. The second-order valence-corrected chi connectivity index (χ2v) is 7.58. The Morgan fingerprint density at radius 1 is 1.13 bits per heavy atom. The third-order valence-corrected chi connectivity index (χ3v) is 5.46. The van der Waals surface area contributed by atoms with Crippen molar-refractivity contribution in [2.24, 2.45) is 0 Å². The number of carbonyl (C=O) groups excluding carboxylic acids is 1. The van der Waals surface area contributed by atoms with Crippen LogP contribution in [0.1, 0.15) is 29.9 Å². The second kappa shape index (κ2) is 7.82. The Bertz CT molecular complexity index is 936. The van der Waals surface area contributed by atoms with Crippen molar-refractivity contribution in [3.05, 3.63) is 41.2 Å². The van der Waals surface area contributed by atoms with Crippen LogP contribution in [0.5, 0.6) is 11.5 Å². The van der Waals surface area contributed by atoms with Crippen molar-refractivity contribution in [3.63, 3.8) is 0 Å². The molecule has 2 aliphatic rings. The Morgan fingerprint density at radius 2 is 1.83 bits per heavy atom. The molecule has 1 aromatic heterocycles. The molecule has 0 N–H and O–H groups in total. The van der Waals surface area contributed by atoms with Gasteiger partial charge in [-0.1, -0.05) is 6.07 Å². The number of fused-ring (bicyclic) bond motifs is 1. The summed E-state index contributed by atoms with van der Waals surface area (Å²) in [7, 11) is 0. The molecule has 7 nitrogen and oxygen atoms in total. The van der Waals surface area contributed by atoms with Crippen molar-refractivity contribution in [3.8, 4) is 11.5 Å². The molecule has 3 heterocycles. The first-order chi connectivity index (χ1) is 14.2. The second-order valence-electron chi connectivity index (χ2n) is 7.58. The van der Waals surface area contributed by atoms with Crippen LogP contribution in [0.4, 0.5) is 13.2 Å². The van der Waals surface area contributed by atoms with Crippen LogP contribution < -0.4 is 9.47 Å². The van der Waals surface area contributed by atoms with Gasteiger partial charge in [-0.15, -0.1) is 0 Å². The zero-order chi connectivity index (χ0) is 21.5. The Labute approximate surface area is 172 Å². The highest BCUT2D eigenvalue weighted by molar-refractivity contribution is 5.80. The molecule has 0 bridgehead atoms. The zero-order valence-electron chi connectivity index (χ0n) is 16.8. The third-order valence-electron chi connectivity index (χ3n) is 5.46. The van der Waals surface area contributed by atoms with Crippen molar-refractivity contribution in [1.82, 2.24) is 19.6 Å². The highest BCUT2D eigenvalue weighted by Crippen LogP contribution is 2.33. The van der Waals surface area contributed by atoms with Crippen LogP contribution in [0.25, 0.3) is 0 Å². The molecular weight excluding hydrogens is 401 g/mol. The van der Waals surface area contributed by atoms with E-state index in [4.69, 9.17) is 9.47 Å². The van der Waals surface area contributed by atoms with Crippen LogP contribution in [0.3, 0.4) is 0 Å². The Morgan fingerprint density at radius 3 is 2.50 bits per heavy atom. The van der Waals surface area contributed by atoms with E-state index < -0.39 is 17.9 Å². The smallest absolute Gasteiger partial charge is 0.435 e. The van der Waals surface area contributed by atoms with Crippen molar-refractivity contribution < 1.29 is 27.4 Å². The minimum Gasteiger partial charge on any atom is -0.454 e. The largest absolute Gasteiger partial charge is 0.454 e. The molecule has 1 saturated heterocycles. The molecule has 1 atom stereocenters. The molecule has 1 unspecified atom stereocenters. The number of amides is 1. The first-order valence-electron chi connectivity index (χ1n) is 9.75. The summed E-state index contributed by atoms with van der Waals surface area (Å²) in [6.07, 6.45) is -4.53. The van der Waals surface area contributed by atoms with Gasteiger partial charge in [0.05, 0.1) is 0 Å². The van der Waals surface area contributed by atoms with Crippen LogP contribution in [-0.2, 0) is 17.5 Å². The van der Waals surface area contributed by atoms with E-state index in [1.807, 2.05) is 18.2 Å². The number of aromatic nitrogens is 2. The summed E-state index contributed by atoms with van der Waals surface area (Å²) in [5.74, 6) is 1.26. The van der Waals surface area contributed by atoms with E-state index in [-0.39, 0.29) is 12.7 Å². The van der Waals surface area contributed by atoms with Gasteiger partial charge in [-0.25, -0.2) is 0 Å². The molecule has 0 radical (unpaired) electrons. The van der Waals surface area contributed by atoms with Crippen LogP contribution in [0, 0.1) is 6.92 Å². The van der Waals surface area contributed by atoms with E-state index in [1.165, 1.54) is 6.92 Å². The summed E-state index contributed by atoms with van der Waals surface area (Å²) in [6, 6.07) is 6.02. The third kappa shape index (κ3) is 4.09. The lowest BCUT2D eigenvalue weighted by Crippen LogP contribution is -2.50. The van der Waals surface area contributed by atoms with Gasteiger partial charge < -0.3 is 14.4 Å². The summed E-state index contributed by atoms with van der Waals surface area (Å²) in [5, 5.41) is 3.61. The maximum absolute atomic E-state index is 12.9. The van der Waals surface area contributed by atoms with Crippen molar-refractivity contribution in [2.75, 3.05) is 33.0 Å². The number of rotatable bonds is 4. The Balaban J connectivity index is 1.34. The molecule has 4 rings (SSSR count). The van der Waals surface area contributed by atoms with Gasteiger partial charge in [-0.3, -0.25) is 14.4 Å². The summed E-state index contributed by atoms with van der Waals surface area (Å²) in [5.41, 5.74) is 0.428. The van der Waals surface area contributed by atoms with Gasteiger partial charge in [0.1, 0.15) is 6.04 Å². The van der Waals surface area contributed by atoms with Gasteiger partial charge >= 0.3 is 6.18 Å². The van der Waals surface area contributed by atoms with Gasteiger partial charge in [0.25, 0.3) is 0 Å². The van der Waals surface area contributed by atoms with E-state index in [0.29, 0.717) is 31.9 Å². The highest BCUT2D eigenvalue weighted by Gasteiger charge is 2.36. The van der Waals surface area contributed by atoms with Crippen LogP contribution in [0.15, 0.2) is 24.3 Å². The number of hydrogen-bond donors (Lipinski definition) is 0. The number of piperazine rings is 1. The quantitative estimate of drug-likeness (QED) is 0.756. The number of halogens is 3. The number of benzene rings is 1. The molecule has 10 heteroatoms. The number of ether oxygens (including phenoxy) is 2. The molecule has 30 heavy (non-hydrogen) atoms. The fourth-order valence-corrected chi connectivity index (χ4v) is 3.81. The van der Waals surface area contributed by atoms with Crippen LogP contribution in [0.2, 0.25) is 0 Å². The lowest BCUT2D eigenvalue weighted by atomic mass is 10.1. The Kier molecular flexibility index (Phi) is 5.35. The van der Waals surface area contributed by atoms with Crippen LogP contribution >= 0.6 is 0 Å². The molecule has 0 spiro atoms. The predicted octanol–water partition coefficient (Wildman–Crippen LogP) is 2.84. The van der Waals surface area contributed by atoms with Gasteiger partial charge in [0.2, 0.25) is 12.7 Å². The minimum absolute atomic E-state index is 0.224. The molecule has 1 aromatic carbocycles. The number of aryl methyl sites for hydroxylation is 1. The topological polar surface area (TPSA) is 59.8 Å².